The fourth-order valence-corrected chi connectivity index (χ4v) is 3.23. The number of carbonyl (C=O) groups excluding carboxylic acids is 1. The van der Waals surface area contributed by atoms with E-state index in [4.69, 9.17) is 4.74 Å². The third kappa shape index (κ3) is 6.26. The number of ether oxygens (including phenoxy) is 1. The van der Waals surface area contributed by atoms with Crippen molar-refractivity contribution in [2.45, 2.75) is 45.8 Å². The molecule has 2 aromatic rings. The number of benzene rings is 2. The Morgan fingerprint density at radius 1 is 1.11 bits per heavy atom. The first-order valence-corrected chi connectivity index (χ1v) is 9.45. The molecule has 4 nitrogen and oxygen atoms in total. The molecule has 0 bridgehead atoms. The van der Waals surface area contributed by atoms with E-state index in [1.807, 2.05) is 31.2 Å². The van der Waals surface area contributed by atoms with Crippen LogP contribution in [0.1, 0.15) is 37.3 Å². The molecule has 1 N–H and O–H groups in total. The third-order valence-electron chi connectivity index (χ3n) is 4.95. The number of halogens is 1. The molecule has 27 heavy (non-hydrogen) atoms. The lowest BCUT2D eigenvalue weighted by molar-refractivity contribution is -0.121. The fraction of sp³-hybridized carbons (Fsp3) is 0.409. The summed E-state index contributed by atoms with van der Waals surface area (Å²) in [5.74, 6) is 0.802. The van der Waals surface area contributed by atoms with Crippen molar-refractivity contribution in [2.24, 2.45) is 0 Å². The Kier molecular flexibility index (Phi) is 8.14. The van der Waals surface area contributed by atoms with Crippen LogP contribution in [0.25, 0.3) is 0 Å². The van der Waals surface area contributed by atoms with E-state index in [2.05, 4.69) is 41.4 Å². The van der Waals surface area contributed by atoms with Crippen LogP contribution in [0.4, 0.5) is 5.69 Å². The average molecular weight is 389 g/mol. The number of piperidine rings is 1. The number of anilines is 1. The first-order valence-electron chi connectivity index (χ1n) is 9.45. The Morgan fingerprint density at radius 3 is 2.52 bits per heavy atom. The number of likely N-dealkylation sites (tertiary alicyclic amines) is 1. The van der Waals surface area contributed by atoms with E-state index in [-0.39, 0.29) is 24.4 Å². The topological polar surface area (TPSA) is 41.6 Å². The number of rotatable bonds is 6. The summed E-state index contributed by atoms with van der Waals surface area (Å²) in [5.41, 5.74) is 3.14. The van der Waals surface area contributed by atoms with Gasteiger partial charge in [-0.1, -0.05) is 42.3 Å². The van der Waals surface area contributed by atoms with Crippen molar-refractivity contribution in [2.75, 3.05) is 18.4 Å². The fourth-order valence-electron chi connectivity index (χ4n) is 3.23. The number of amides is 1. The lowest BCUT2D eigenvalue weighted by Crippen LogP contribution is -2.44. The molecule has 0 spiro atoms. The van der Waals surface area contributed by atoms with E-state index in [0.717, 1.165) is 30.1 Å². The summed E-state index contributed by atoms with van der Waals surface area (Å²) in [6.45, 7) is 6.59. The van der Waals surface area contributed by atoms with Crippen molar-refractivity contribution in [3.63, 3.8) is 0 Å². The van der Waals surface area contributed by atoms with Crippen molar-refractivity contribution >= 4 is 24.0 Å². The van der Waals surface area contributed by atoms with Gasteiger partial charge in [0.15, 0.2) is 0 Å². The molecule has 1 unspecified atom stereocenters. The van der Waals surface area contributed by atoms with Crippen LogP contribution in [0.5, 0.6) is 5.75 Å². The van der Waals surface area contributed by atoms with Crippen LogP contribution in [-0.2, 0) is 11.4 Å². The minimum Gasteiger partial charge on any atom is -0.489 e. The Balaban J connectivity index is 0.00000261. The number of nitrogens with zero attached hydrogens (tertiary/aromatic N) is 1. The van der Waals surface area contributed by atoms with Crippen LogP contribution < -0.4 is 10.1 Å². The molecule has 146 valence electrons. The second-order valence-corrected chi connectivity index (χ2v) is 7.06. The largest absolute Gasteiger partial charge is 0.489 e. The van der Waals surface area contributed by atoms with E-state index in [0.29, 0.717) is 6.61 Å². The van der Waals surface area contributed by atoms with Gasteiger partial charge in [-0.05, 0) is 57.5 Å². The Morgan fingerprint density at radius 2 is 1.81 bits per heavy atom. The van der Waals surface area contributed by atoms with Crippen LogP contribution in [0.3, 0.4) is 0 Å². The average Bonchev–Trinajstić information content (AvgIpc) is 2.68. The number of nitrogens with one attached hydrogen (secondary N) is 1. The highest BCUT2D eigenvalue weighted by Crippen LogP contribution is 2.20. The zero-order valence-corrected chi connectivity index (χ0v) is 16.9. The normalized spacial score (nSPS) is 15.5. The molecule has 0 aromatic heterocycles. The molecule has 1 amide bonds. The van der Waals surface area contributed by atoms with Gasteiger partial charge in [0.2, 0.25) is 5.91 Å². The molecule has 1 atom stereocenters. The van der Waals surface area contributed by atoms with Crippen LogP contribution in [0, 0.1) is 6.92 Å². The van der Waals surface area contributed by atoms with E-state index in [9.17, 15) is 4.79 Å². The molecule has 2 aromatic carbocycles. The van der Waals surface area contributed by atoms with Crippen molar-refractivity contribution < 1.29 is 9.53 Å². The van der Waals surface area contributed by atoms with Gasteiger partial charge < -0.3 is 10.1 Å². The number of hydrogen-bond donors (Lipinski definition) is 1. The molecular formula is C22H29ClN2O2. The smallest absolute Gasteiger partial charge is 0.241 e. The summed E-state index contributed by atoms with van der Waals surface area (Å²) < 4.78 is 5.87. The van der Waals surface area contributed by atoms with Crippen molar-refractivity contribution in [3.8, 4) is 5.75 Å². The molecule has 0 saturated carbocycles. The Bertz CT molecular complexity index is 727. The van der Waals surface area contributed by atoms with Gasteiger partial charge in [0.25, 0.3) is 0 Å². The lowest BCUT2D eigenvalue weighted by atomic mass is 10.1. The highest BCUT2D eigenvalue weighted by molar-refractivity contribution is 5.94. The van der Waals surface area contributed by atoms with Gasteiger partial charge in [-0.3, -0.25) is 9.69 Å². The molecule has 0 radical (unpaired) electrons. The van der Waals surface area contributed by atoms with Crippen LogP contribution in [-0.4, -0.2) is 29.9 Å². The number of hydrogen-bond acceptors (Lipinski definition) is 3. The van der Waals surface area contributed by atoms with Crippen molar-refractivity contribution in [1.29, 1.82) is 0 Å². The first kappa shape index (κ1) is 21.3. The van der Waals surface area contributed by atoms with Gasteiger partial charge in [0.05, 0.1) is 6.04 Å². The summed E-state index contributed by atoms with van der Waals surface area (Å²) in [5, 5.41) is 3.02. The maximum Gasteiger partial charge on any atom is 0.241 e. The molecular weight excluding hydrogens is 360 g/mol. The first-order chi connectivity index (χ1) is 12.6. The summed E-state index contributed by atoms with van der Waals surface area (Å²) in [6, 6.07) is 15.8. The van der Waals surface area contributed by atoms with Crippen molar-refractivity contribution in [3.05, 3.63) is 59.7 Å². The minimum atomic E-state index is -0.104. The molecule has 5 heteroatoms. The second kappa shape index (κ2) is 10.3. The summed E-state index contributed by atoms with van der Waals surface area (Å²) in [4.78, 5) is 14.8. The SMILES string of the molecule is Cc1ccc(COc2cccc(NC(=O)C(C)N3CCCCC3)c2)cc1.Cl. The summed E-state index contributed by atoms with van der Waals surface area (Å²) in [6.07, 6.45) is 3.63. The molecule has 1 fully saturated rings. The molecule has 3 rings (SSSR count). The lowest BCUT2D eigenvalue weighted by Gasteiger charge is -2.31. The zero-order valence-electron chi connectivity index (χ0n) is 16.1. The maximum atomic E-state index is 12.5. The van der Waals surface area contributed by atoms with Crippen LogP contribution >= 0.6 is 12.4 Å². The predicted molar refractivity (Wildman–Crippen MR) is 113 cm³/mol. The molecule has 1 aliphatic heterocycles. The number of carbonyl (C=O) groups is 1. The standard InChI is InChI=1S/C22H28N2O2.ClH/c1-17-9-11-19(12-10-17)16-26-21-8-6-7-20(15-21)23-22(25)18(2)24-13-4-3-5-14-24;/h6-12,15,18H,3-5,13-14,16H2,1-2H3,(H,23,25);1H. The zero-order chi connectivity index (χ0) is 18.4. The molecule has 0 aliphatic carbocycles. The second-order valence-electron chi connectivity index (χ2n) is 7.06. The predicted octanol–water partition coefficient (Wildman–Crippen LogP) is 4.81. The number of aryl methyl sites for hydroxylation is 1. The third-order valence-corrected chi connectivity index (χ3v) is 4.95. The van der Waals surface area contributed by atoms with Gasteiger partial charge in [-0.2, -0.15) is 0 Å². The quantitative estimate of drug-likeness (QED) is 0.772. The van der Waals surface area contributed by atoms with E-state index in [1.165, 1.54) is 24.8 Å². The van der Waals surface area contributed by atoms with Gasteiger partial charge in [-0.25, -0.2) is 0 Å². The van der Waals surface area contributed by atoms with Gasteiger partial charge >= 0.3 is 0 Å². The molecule has 1 heterocycles. The molecule has 1 saturated heterocycles. The van der Waals surface area contributed by atoms with E-state index < -0.39 is 0 Å². The van der Waals surface area contributed by atoms with Crippen LogP contribution in [0.2, 0.25) is 0 Å². The summed E-state index contributed by atoms with van der Waals surface area (Å²) in [7, 11) is 0. The van der Waals surface area contributed by atoms with Crippen LogP contribution in [0.15, 0.2) is 48.5 Å². The van der Waals surface area contributed by atoms with E-state index in [1.54, 1.807) is 0 Å². The van der Waals surface area contributed by atoms with Crippen molar-refractivity contribution in [1.82, 2.24) is 4.90 Å². The van der Waals surface area contributed by atoms with Gasteiger partial charge in [0.1, 0.15) is 12.4 Å². The van der Waals surface area contributed by atoms with E-state index >= 15 is 0 Å². The minimum absolute atomic E-state index is 0. The Labute approximate surface area is 168 Å². The monoisotopic (exact) mass is 388 g/mol. The Hall–Kier alpha value is -2.04. The molecule has 1 aliphatic rings. The summed E-state index contributed by atoms with van der Waals surface area (Å²) >= 11 is 0. The highest BCUT2D eigenvalue weighted by Gasteiger charge is 2.22. The maximum absolute atomic E-state index is 12.5. The highest BCUT2D eigenvalue weighted by atomic mass is 35.5. The van der Waals surface area contributed by atoms with Gasteiger partial charge in [0, 0.05) is 11.8 Å². The van der Waals surface area contributed by atoms with Gasteiger partial charge in [-0.15, -0.1) is 12.4 Å².